The standard InChI is InChI=1S/C12H13BrFNO/c13-10-6-9(14)5-8-1-2-12(16-11(8)10)3-4-15-7-12/h5-6,15H,1-4,7H2. The van der Waals surface area contributed by atoms with Crippen molar-refractivity contribution in [2.75, 3.05) is 13.1 Å². The Bertz CT molecular complexity index is 429. The second-order valence-corrected chi connectivity index (χ2v) is 5.44. The molecule has 2 heterocycles. The number of hydrogen-bond donors (Lipinski definition) is 1. The van der Waals surface area contributed by atoms with E-state index in [4.69, 9.17) is 4.74 Å². The molecule has 0 radical (unpaired) electrons. The highest BCUT2D eigenvalue weighted by molar-refractivity contribution is 9.10. The van der Waals surface area contributed by atoms with E-state index in [0.717, 1.165) is 48.1 Å². The molecule has 1 fully saturated rings. The number of nitrogens with one attached hydrogen (secondary N) is 1. The molecule has 0 amide bonds. The Kier molecular flexibility index (Phi) is 2.44. The fourth-order valence-electron chi connectivity index (χ4n) is 2.56. The highest BCUT2D eigenvalue weighted by Gasteiger charge is 2.39. The average Bonchev–Trinajstić information content (AvgIpc) is 2.68. The number of rotatable bonds is 0. The highest BCUT2D eigenvalue weighted by atomic mass is 79.9. The first-order valence-electron chi connectivity index (χ1n) is 5.56. The van der Waals surface area contributed by atoms with Gasteiger partial charge in [-0.25, -0.2) is 4.39 Å². The molecule has 2 aliphatic heterocycles. The monoisotopic (exact) mass is 285 g/mol. The fourth-order valence-corrected chi connectivity index (χ4v) is 3.12. The van der Waals surface area contributed by atoms with Gasteiger partial charge < -0.3 is 10.1 Å². The molecule has 16 heavy (non-hydrogen) atoms. The molecule has 2 nitrogen and oxygen atoms in total. The quantitative estimate of drug-likeness (QED) is 0.791. The molecule has 3 rings (SSSR count). The van der Waals surface area contributed by atoms with Crippen LogP contribution in [0.25, 0.3) is 0 Å². The lowest BCUT2D eigenvalue weighted by Crippen LogP contribution is -2.41. The van der Waals surface area contributed by atoms with Gasteiger partial charge in [-0.15, -0.1) is 0 Å². The van der Waals surface area contributed by atoms with Gasteiger partial charge in [-0.2, -0.15) is 0 Å². The molecule has 0 aromatic heterocycles. The van der Waals surface area contributed by atoms with E-state index in [1.165, 1.54) is 6.07 Å². The highest BCUT2D eigenvalue weighted by Crippen LogP contribution is 2.41. The minimum absolute atomic E-state index is 0.0622. The van der Waals surface area contributed by atoms with E-state index >= 15 is 0 Å². The van der Waals surface area contributed by atoms with Gasteiger partial charge in [-0.1, -0.05) is 0 Å². The second kappa shape index (κ2) is 3.70. The molecule has 1 N–H and O–H groups in total. The summed E-state index contributed by atoms with van der Waals surface area (Å²) in [4.78, 5) is 0. The van der Waals surface area contributed by atoms with E-state index in [9.17, 15) is 4.39 Å². The van der Waals surface area contributed by atoms with Crippen molar-refractivity contribution in [3.8, 4) is 5.75 Å². The third-order valence-electron chi connectivity index (χ3n) is 3.46. The number of aryl methyl sites for hydroxylation is 1. The molecule has 1 spiro atoms. The summed E-state index contributed by atoms with van der Waals surface area (Å²) >= 11 is 3.38. The lowest BCUT2D eigenvalue weighted by molar-refractivity contribution is 0.0652. The predicted molar refractivity (Wildman–Crippen MR) is 63.3 cm³/mol. The van der Waals surface area contributed by atoms with Gasteiger partial charge in [0, 0.05) is 13.0 Å². The zero-order valence-electron chi connectivity index (χ0n) is 8.85. The van der Waals surface area contributed by atoms with Crippen molar-refractivity contribution in [1.82, 2.24) is 5.32 Å². The number of hydrogen-bond acceptors (Lipinski definition) is 2. The number of benzene rings is 1. The Balaban J connectivity index is 1.99. The summed E-state index contributed by atoms with van der Waals surface area (Å²) in [7, 11) is 0. The minimum atomic E-state index is -0.199. The molecule has 0 aliphatic carbocycles. The van der Waals surface area contributed by atoms with E-state index in [-0.39, 0.29) is 11.4 Å². The molecule has 0 saturated carbocycles. The van der Waals surface area contributed by atoms with Crippen molar-refractivity contribution in [2.45, 2.75) is 24.9 Å². The van der Waals surface area contributed by atoms with Crippen LogP contribution >= 0.6 is 15.9 Å². The summed E-state index contributed by atoms with van der Waals surface area (Å²) in [5.41, 5.74) is 0.914. The molecule has 1 saturated heterocycles. The van der Waals surface area contributed by atoms with Gasteiger partial charge in [0.2, 0.25) is 0 Å². The molecule has 1 unspecified atom stereocenters. The first-order valence-corrected chi connectivity index (χ1v) is 6.36. The van der Waals surface area contributed by atoms with Crippen LogP contribution in [0.3, 0.4) is 0 Å². The Labute approximate surface area is 102 Å². The van der Waals surface area contributed by atoms with Gasteiger partial charge in [0.25, 0.3) is 0 Å². The van der Waals surface area contributed by atoms with Crippen LogP contribution in [-0.2, 0) is 6.42 Å². The van der Waals surface area contributed by atoms with Gasteiger partial charge in [0.15, 0.2) is 0 Å². The topological polar surface area (TPSA) is 21.3 Å². The zero-order chi connectivity index (χ0) is 11.2. The van der Waals surface area contributed by atoms with Crippen LogP contribution < -0.4 is 10.1 Å². The average molecular weight is 286 g/mol. The van der Waals surface area contributed by atoms with Gasteiger partial charge in [0.05, 0.1) is 4.47 Å². The van der Waals surface area contributed by atoms with Crippen LogP contribution in [0, 0.1) is 5.82 Å². The molecular formula is C12H13BrFNO. The lowest BCUT2D eigenvalue weighted by atomic mass is 9.90. The first-order chi connectivity index (χ1) is 7.69. The van der Waals surface area contributed by atoms with E-state index in [0.29, 0.717) is 0 Å². The van der Waals surface area contributed by atoms with Crippen molar-refractivity contribution < 1.29 is 9.13 Å². The third kappa shape index (κ3) is 1.64. The van der Waals surface area contributed by atoms with Crippen molar-refractivity contribution in [1.29, 1.82) is 0 Å². The fraction of sp³-hybridized carbons (Fsp3) is 0.500. The van der Waals surface area contributed by atoms with Crippen LogP contribution in [0.1, 0.15) is 18.4 Å². The second-order valence-electron chi connectivity index (χ2n) is 4.59. The van der Waals surface area contributed by atoms with Crippen molar-refractivity contribution in [3.63, 3.8) is 0 Å². The number of ether oxygens (including phenoxy) is 1. The van der Waals surface area contributed by atoms with Crippen molar-refractivity contribution in [3.05, 3.63) is 28.0 Å². The third-order valence-corrected chi connectivity index (χ3v) is 4.05. The molecule has 1 atom stereocenters. The lowest BCUT2D eigenvalue weighted by Gasteiger charge is -2.35. The van der Waals surface area contributed by atoms with E-state index in [2.05, 4.69) is 21.2 Å². The molecule has 2 aliphatic rings. The predicted octanol–water partition coefficient (Wildman–Crippen LogP) is 2.65. The summed E-state index contributed by atoms with van der Waals surface area (Å²) in [5.74, 6) is 0.631. The van der Waals surface area contributed by atoms with Gasteiger partial charge >= 0.3 is 0 Å². The largest absolute Gasteiger partial charge is 0.484 e. The van der Waals surface area contributed by atoms with Crippen LogP contribution in [0.4, 0.5) is 4.39 Å². The number of halogens is 2. The Morgan fingerprint density at radius 1 is 1.38 bits per heavy atom. The maximum atomic E-state index is 13.2. The maximum Gasteiger partial charge on any atom is 0.137 e. The van der Waals surface area contributed by atoms with E-state index < -0.39 is 0 Å². The summed E-state index contributed by atoms with van der Waals surface area (Å²) in [6.45, 7) is 1.91. The van der Waals surface area contributed by atoms with Gasteiger partial charge in [-0.3, -0.25) is 0 Å². The summed E-state index contributed by atoms with van der Waals surface area (Å²) < 4.78 is 20.0. The molecular weight excluding hydrogens is 273 g/mol. The van der Waals surface area contributed by atoms with Crippen molar-refractivity contribution in [2.24, 2.45) is 0 Å². The normalized spacial score (nSPS) is 27.9. The minimum Gasteiger partial charge on any atom is -0.484 e. The van der Waals surface area contributed by atoms with E-state index in [1.807, 2.05) is 0 Å². The van der Waals surface area contributed by atoms with E-state index in [1.54, 1.807) is 6.07 Å². The molecule has 86 valence electrons. The van der Waals surface area contributed by atoms with Gasteiger partial charge in [-0.05, 0) is 53.0 Å². The van der Waals surface area contributed by atoms with Crippen LogP contribution in [0.15, 0.2) is 16.6 Å². The van der Waals surface area contributed by atoms with Crippen LogP contribution in [0.2, 0.25) is 0 Å². The Hall–Kier alpha value is -0.610. The first kappa shape index (κ1) is 10.5. The SMILES string of the molecule is Fc1cc(Br)c2c(c1)CCC1(CCNC1)O2. The summed E-state index contributed by atoms with van der Waals surface area (Å²) in [5, 5.41) is 3.33. The van der Waals surface area contributed by atoms with Crippen LogP contribution in [-0.4, -0.2) is 18.7 Å². The summed E-state index contributed by atoms with van der Waals surface area (Å²) in [6.07, 6.45) is 2.91. The molecule has 0 bridgehead atoms. The Morgan fingerprint density at radius 3 is 3.00 bits per heavy atom. The summed E-state index contributed by atoms with van der Waals surface area (Å²) in [6, 6.07) is 3.05. The smallest absolute Gasteiger partial charge is 0.137 e. The maximum absolute atomic E-state index is 13.2. The van der Waals surface area contributed by atoms with Gasteiger partial charge in [0.1, 0.15) is 17.2 Å². The number of fused-ring (bicyclic) bond motifs is 1. The van der Waals surface area contributed by atoms with Crippen LogP contribution in [0.5, 0.6) is 5.75 Å². The molecule has 1 aromatic rings. The molecule has 1 aromatic carbocycles. The van der Waals surface area contributed by atoms with Crippen molar-refractivity contribution >= 4 is 15.9 Å². The Morgan fingerprint density at radius 2 is 2.25 bits per heavy atom. The zero-order valence-corrected chi connectivity index (χ0v) is 10.4. The molecule has 4 heteroatoms.